The summed E-state index contributed by atoms with van der Waals surface area (Å²) < 4.78 is 7.75. The van der Waals surface area contributed by atoms with E-state index in [1.54, 1.807) is 11.3 Å². The standard InChI is InChI=1S/C17H17N3OS/c1-2-21-15-6-4-3-5-14(15)20-17-13(7-9-18-17)16(19-20)12-8-10-22-11-12/h3-6,8,10-11,18H,2,7,9H2,1H3. The van der Waals surface area contributed by atoms with Gasteiger partial charge in [0.15, 0.2) is 0 Å². The summed E-state index contributed by atoms with van der Waals surface area (Å²) in [6, 6.07) is 10.2. The van der Waals surface area contributed by atoms with Crippen molar-refractivity contribution >= 4 is 17.2 Å². The van der Waals surface area contributed by atoms with Gasteiger partial charge in [0.2, 0.25) is 0 Å². The molecule has 0 radical (unpaired) electrons. The molecule has 1 aromatic carbocycles. The molecule has 0 amide bonds. The molecule has 0 unspecified atom stereocenters. The third kappa shape index (κ3) is 2.09. The second kappa shape index (κ2) is 5.50. The Bertz CT molecular complexity index is 792. The van der Waals surface area contributed by atoms with E-state index in [0.29, 0.717) is 6.61 Å². The van der Waals surface area contributed by atoms with Crippen molar-refractivity contribution in [1.82, 2.24) is 9.78 Å². The van der Waals surface area contributed by atoms with Crippen molar-refractivity contribution in [1.29, 1.82) is 0 Å². The SMILES string of the molecule is CCOc1ccccc1-n1nc(-c2ccsc2)c2c1NCC2. The Kier molecular flexibility index (Phi) is 3.35. The Balaban J connectivity index is 1.89. The van der Waals surface area contributed by atoms with E-state index in [2.05, 4.69) is 28.2 Å². The lowest BCUT2D eigenvalue weighted by Crippen LogP contribution is -2.06. The topological polar surface area (TPSA) is 39.1 Å². The van der Waals surface area contributed by atoms with Crippen molar-refractivity contribution < 1.29 is 4.74 Å². The molecule has 4 rings (SSSR count). The van der Waals surface area contributed by atoms with E-state index in [-0.39, 0.29) is 0 Å². The van der Waals surface area contributed by atoms with E-state index in [0.717, 1.165) is 35.9 Å². The van der Waals surface area contributed by atoms with Crippen LogP contribution in [0.1, 0.15) is 12.5 Å². The van der Waals surface area contributed by atoms with Crippen LogP contribution in [-0.4, -0.2) is 22.9 Å². The smallest absolute Gasteiger partial charge is 0.145 e. The highest BCUT2D eigenvalue weighted by Gasteiger charge is 2.25. The zero-order valence-electron chi connectivity index (χ0n) is 12.4. The van der Waals surface area contributed by atoms with Crippen LogP contribution in [0.5, 0.6) is 5.75 Å². The summed E-state index contributed by atoms with van der Waals surface area (Å²) in [6.07, 6.45) is 1.01. The second-order valence-electron chi connectivity index (χ2n) is 5.18. The monoisotopic (exact) mass is 311 g/mol. The average Bonchev–Trinajstić information content (AvgIpc) is 3.25. The fraction of sp³-hybridized carbons (Fsp3) is 0.235. The molecule has 1 N–H and O–H groups in total. The fourth-order valence-corrected chi connectivity index (χ4v) is 3.53. The zero-order chi connectivity index (χ0) is 14.9. The lowest BCUT2D eigenvalue weighted by Gasteiger charge is -2.12. The van der Waals surface area contributed by atoms with Crippen molar-refractivity contribution in [3.63, 3.8) is 0 Å². The molecule has 0 spiro atoms. The van der Waals surface area contributed by atoms with Crippen LogP contribution in [0, 0.1) is 0 Å². The van der Waals surface area contributed by atoms with Gasteiger partial charge in [-0.15, -0.1) is 0 Å². The summed E-state index contributed by atoms with van der Waals surface area (Å²) >= 11 is 1.70. The van der Waals surface area contributed by atoms with Gasteiger partial charge in [-0.3, -0.25) is 0 Å². The molecule has 3 heterocycles. The third-order valence-corrected chi connectivity index (χ3v) is 4.52. The second-order valence-corrected chi connectivity index (χ2v) is 5.96. The molecule has 0 saturated heterocycles. The van der Waals surface area contributed by atoms with E-state index in [9.17, 15) is 0 Å². The predicted molar refractivity (Wildman–Crippen MR) is 90.2 cm³/mol. The summed E-state index contributed by atoms with van der Waals surface area (Å²) in [7, 11) is 0. The Morgan fingerprint density at radius 2 is 2.23 bits per heavy atom. The van der Waals surface area contributed by atoms with Crippen molar-refractivity contribution in [2.24, 2.45) is 0 Å². The number of aromatic nitrogens is 2. The van der Waals surface area contributed by atoms with Crippen LogP contribution < -0.4 is 10.1 Å². The first-order valence-corrected chi connectivity index (χ1v) is 8.43. The first-order chi connectivity index (χ1) is 10.9. The van der Waals surface area contributed by atoms with E-state index in [4.69, 9.17) is 9.84 Å². The summed E-state index contributed by atoms with van der Waals surface area (Å²) in [4.78, 5) is 0. The Hall–Kier alpha value is -2.27. The van der Waals surface area contributed by atoms with Crippen LogP contribution in [0.4, 0.5) is 5.82 Å². The molecule has 5 heteroatoms. The minimum atomic E-state index is 0.644. The van der Waals surface area contributed by atoms with Crippen molar-refractivity contribution in [2.75, 3.05) is 18.5 Å². The maximum Gasteiger partial charge on any atom is 0.145 e. The van der Waals surface area contributed by atoms with Crippen LogP contribution in [0.3, 0.4) is 0 Å². The Morgan fingerprint density at radius 3 is 3.05 bits per heavy atom. The molecule has 2 aromatic heterocycles. The van der Waals surface area contributed by atoms with Gasteiger partial charge in [0, 0.05) is 23.1 Å². The minimum absolute atomic E-state index is 0.644. The summed E-state index contributed by atoms with van der Waals surface area (Å²) in [5.41, 5.74) is 4.55. The number of thiophene rings is 1. The molecule has 1 aliphatic rings. The highest BCUT2D eigenvalue weighted by molar-refractivity contribution is 7.08. The summed E-state index contributed by atoms with van der Waals surface area (Å²) in [5, 5.41) is 12.6. The number of hydrogen-bond donors (Lipinski definition) is 1. The first kappa shape index (κ1) is 13.4. The summed E-state index contributed by atoms with van der Waals surface area (Å²) in [5.74, 6) is 1.95. The van der Waals surface area contributed by atoms with Crippen LogP contribution in [0.15, 0.2) is 41.1 Å². The molecule has 22 heavy (non-hydrogen) atoms. The largest absolute Gasteiger partial charge is 0.492 e. The molecule has 0 bridgehead atoms. The van der Waals surface area contributed by atoms with E-state index < -0.39 is 0 Å². The number of fused-ring (bicyclic) bond motifs is 1. The van der Waals surface area contributed by atoms with Crippen LogP contribution >= 0.6 is 11.3 Å². The van der Waals surface area contributed by atoms with Gasteiger partial charge in [-0.05, 0) is 36.9 Å². The van der Waals surface area contributed by atoms with Crippen molar-refractivity contribution in [3.8, 4) is 22.7 Å². The number of hydrogen-bond acceptors (Lipinski definition) is 4. The molecular weight excluding hydrogens is 294 g/mol. The minimum Gasteiger partial charge on any atom is -0.492 e. The molecular formula is C17H17N3OS. The fourth-order valence-electron chi connectivity index (χ4n) is 2.89. The molecule has 112 valence electrons. The molecule has 0 saturated carbocycles. The van der Waals surface area contributed by atoms with Crippen LogP contribution in [0.2, 0.25) is 0 Å². The van der Waals surface area contributed by atoms with Gasteiger partial charge in [0.1, 0.15) is 17.3 Å². The first-order valence-electron chi connectivity index (χ1n) is 7.49. The molecule has 1 aliphatic heterocycles. The zero-order valence-corrected chi connectivity index (χ0v) is 13.2. The maximum atomic E-state index is 5.76. The van der Waals surface area contributed by atoms with Gasteiger partial charge < -0.3 is 10.1 Å². The lowest BCUT2D eigenvalue weighted by molar-refractivity contribution is 0.338. The van der Waals surface area contributed by atoms with E-state index in [1.807, 2.05) is 29.8 Å². The number of ether oxygens (including phenoxy) is 1. The highest BCUT2D eigenvalue weighted by Crippen LogP contribution is 2.37. The van der Waals surface area contributed by atoms with Gasteiger partial charge >= 0.3 is 0 Å². The van der Waals surface area contributed by atoms with Gasteiger partial charge in [0.05, 0.1) is 12.3 Å². The number of nitrogens with zero attached hydrogens (tertiary/aromatic N) is 2. The Morgan fingerprint density at radius 1 is 1.32 bits per heavy atom. The highest BCUT2D eigenvalue weighted by atomic mass is 32.1. The number of nitrogens with one attached hydrogen (secondary N) is 1. The summed E-state index contributed by atoms with van der Waals surface area (Å²) in [6.45, 7) is 3.60. The van der Waals surface area contributed by atoms with Crippen LogP contribution in [0.25, 0.3) is 16.9 Å². The lowest BCUT2D eigenvalue weighted by atomic mass is 10.1. The molecule has 0 fully saturated rings. The molecule has 3 aromatic rings. The maximum absolute atomic E-state index is 5.76. The number of rotatable bonds is 4. The Labute approximate surface area is 133 Å². The molecule has 4 nitrogen and oxygen atoms in total. The van der Waals surface area contributed by atoms with Crippen molar-refractivity contribution in [3.05, 3.63) is 46.7 Å². The third-order valence-electron chi connectivity index (χ3n) is 3.84. The van der Waals surface area contributed by atoms with E-state index >= 15 is 0 Å². The van der Waals surface area contributed by atoms with E-state index in [1.165, 1.54) is 11.1 Å². The number of para-hydroxylation sites is 2. The quantitative estimate of drug-likeness (QED) is 0.792. The normalized spacial score (nSPS) is 13.0. The molecule has 0 atom stereocenters. The van der Waals surface area contributed by atoms with Crippen LogP contribution in [-0.2, 0) is 6.42 Å². The average molecular weight is 311 g/mol. The van der Waals surface area contributed by atoms with Gasteiger partial charge in [-0.1, -0.05) is 12.1 Å². The van der Waals surface area contributed by atoms with Gasteiger partial charge in [0.25, 0.3) is 0 Å². The number of benzene rings is 1. The molecule has 0 aliphatic carbocycles. The predicted octanol–water partition coefficient (Wildman–Crippen LogP) is 3.97. The van der Waals surface area contributed by atoms with Crippen molar-refractivity contribution in [2.45, 2.75) is 13.3 Å². The number of anilines is 1. The van der Waals surface area contributed by atoms with Gasteiger partial charge in [-0.2, -0.15) is 16.4 Å². The van der Waals surface area contributed by atoms with Gasteiger partial charge in [-0.25, -0.2) is 4.68 Å².